The first-order valence-electron chi connectivity index (χ1n) is 10.5. The van der Waals surface area contributed by atoms with Gasteiger partial charge in [-0.2, -0.15) is 0 Å². The van der Waals surface area contributed by atoms with Crippen molar-refractivity contribution in [1.82, 2.24) is 0 Å². The van der Waals surface area contributed by atoms with Crippen molar-refractivity contribution in [2.45, 2.75) is 76.7 Å². The molecule has 144 valence electrons. The molecule has 3 nitrogen and oxygen atoms in total. The summed E-state index contributed by atoms with van der Waals surface area (Å²) in [5, 5.41) is 11.0. The van der Waals surface area contributed by atoms with Gasteiger partial charge in [-0.05, 0) is 86.0 Å². The van der Waals surface area contributed by atoms with Gasteiger partial charge in [0.25, 0.3) is 0 Å². The minimum Gasteiger partial charge on any atom is -0.427 e. The summed E-state index contributed by atoms with van der Waals surface area (Å²) in [5.74, 6) is 4.88. The number of carbonyl (C=O) groups is 1. The number of terminal acetylenes is 1. The lowest BCUT2D eigenvalue weighted by atomic mass is 9.53. The maximum absolute atomic E-state index is 11.8. The van der Waals surface area contributed by atoms with Gasteiger partial charge < -0.3 is 9.84 Å². The van der Waals surface area contributed by atoms with Crippen LogP contribution in [0.3, 0.4) is 0 Å². The third-order valence-corrected chi connectivity index (χ3v) is 7.77. The lowest BCUT2D eigenvalue weighted by Gasteiger charge is -2.52. The molecule has 5 unspecified atom stereocenters. The molecule has 4 rings (SSSR count). The normalized spacial score (nSPS) is 36.9. The number of esters is 1. The Morgan fingerprint density at radius 3 is 2.89 bits per heavy atom. The van der Waals surface area contributed by atoms with Gasteiger partial charge in [-0.1, -0.05) is 25.8 Å². The van der Waals surface area contributed by atoms with Gasteiger partial charge in [0.05, 0.1) is 0 Å². The lowest BCUT2D eigenvalue weighted by Crippen LogP contribution is -2.50. The number of hydrogen-bond acceptors (Lipinski definition) is 3. The van der Waals surface area contributed by atoms with Crippen molar-refractivity contribution in [3.05, 3.63) is 29.3 Å². The first kappa shape index (κ1) is 18.6. The third-order valence-electron chi connectivity index (χ3n) is 7.77. The van der Waals surface area contributed by atoms with Gasteiger partial charge in [-0.25, -0.2) is 0 Å². The Bertz CT molecular complexity index is 791. The summed E-state index contributed by atoms with van der Waals surface area (Å²) in [4.78, 5) is 11.8. The van der Waals surface area contributed by atoms with Crippen molar-refractivity contribution < 1.29 is 14.6 Å². The molecule has 3 aliphatic rings. The molecule has 0 bridgehead atoms. The number of aryl methyl sites for hydroxylation is 1. The highest BCUT2D eigenvalue weighted by molar-refractivity contribution is 5.72. The molecule has 5 atom stereocenters. The second kappa shape index (κ2) is 6.67. The molecule has 1 aromatic carbocycles. The van der Waals surface area contributed by atoms with Crippen LogP contribution in [-0.4, -0.2) is 16.7 Å². The summed E-state index contributed by atoms with van der Waals surface area (Å²) in [6.07, 6.45) is 13.0. The van der Waals surface area contributed by atoms with Crippen molar-refractivity contribution in [3.63, 3.8) is 0 Å². The Hall–Kier alpha value is -1.79. The summed E-state index contributed by atoms with van der Waals surface area (Å²) in [7, 11) is 0. The lowest BCUT2D eigenvalue weighted by molar-refractivity contribution is -0.134. The van der Waals surface area contributed by atoms with E-state index in [1.54, 1.807) is 0 Å². The van der Waals surface area contributed by atoms with E-state index in [1.807, 2.05) is 13.0 Å². The van der Waals surface area contributed by atoms with E-state index in [0.29, 0.717) is 29.9 Å². The SMILES string of the molecule is C#CC1(O)CCC2C3CCc4cc(OC(=O)CCC)ccc4C3CCC21C. The van der Waals surface area contributed by atoms with E-state index in [1.165, 1.54) is 11.1 Å². The summed E-state index contributed by atoms with van der Waals surface area (Å²) in [5.41, 5.74) is 1.64. The fraction of sp³-hybridized carbons (Fsp3) is 0.625. The summed E-state index contributed by atoms with van der Waals surface area (Å²) < 4.78 is 5.49. The fourth-order valence-electron chi connectivity index (χ4n) is 6.26. The zero-order valence-electron chi connectivity index (χ0n) is 16.5. The summed E-state index contributed by atoms with van der Waals surface area (Å²) >= 11 is 0. The minimum atomic E-state index is -0.944. The molecule has 1 aromatic rings. The standard InChI is InChI=1S/C24H30O3/c1-4-6-22(25)27-17-8-10-18-16(15-17)7-9-20-19(18)11-13-23(3)21(20)12-14-24(23,26)5-2/h2,8,10,15,19-21,26H,4,6-7,9,11-14H2,1,3H3. The van der Waals surface area contributed by atoms with Crippen molar-refractivity contribution in [1.29, 1.82) is 0 Å². The minimum absolute atomic E-state index is 0.154. The van der Waals surface area contributed by atoms with E-state index in [9.17, 15) is 9.90 Å². The maximum atomic E-state index is 11.8. The Morgan fingerprint density at radius 1 is 1.33 bits per heavy atom. The molecule has 3 heteroatoms. The Balaban J connectivity index is 1.58. The molecule has 0 saturated heterocycles. The predicted octanol–water partition coefficient (Wildman–Crippen LogP) is 4.61. The second-order valence-corrected chi connectivity index (χ2v) is 9.00. The third kappa shape index (κ3) is 2.81. The molecule has 0 spiro atoms. The Labute approximate surface area is 162 Å². The maximum Gasteiger partial charge on any atom is 0.311 e. The molecule has 0 aromatic heterocycles. The Kier molecular flexibility index (Phi) is 4.59. The van der Waals surface area contributed by atoms with Gasteiger partial charge in [0.2, 0.25) is 0 Å². The number of hydrogen-bond donors (Lipinski definition) is 1. The molecule has 1 N–H and O–H groups in total. The zero-order valence-corrected chi connectivity index (χ0v) is 16.5. The van der Waals surface area contributed by atoms with E-state index in [4.69, 9.17) is 11.2 Å². The number of aliphatic hydroxyl groups is 1. The number of carbonyl (C=O) groups excluding carboxylic acids is 1. The van der Waals surface area contributed by atoms with E-state index in [2.05, 4.69) is 25.0 Å². The number of rotatable bonds is 3. The van der Waals surface area contributed by atoms with Crippen LogP contribution >= 0.6 is 0 Å². The van der Waals surface area contributed by atoms with Crippen molar-refractivity contribution >= 4 is 5.97 Å². The van der Waals surface area contributed by atoms with Gasteiger partial charge >= 0.3 is 5.97 Å². The highest BCUT2D eigenvalue weighted by atomic mass is 16.5. The van der Waals surface area contributed by atoms with Gasteiger partial charge in [0, 0.05) is 11.8 Å². The van der Waals surface area contributed by atoms with E-state index >= 15 is 0 Å². The largest absolute Gasteiger partial charge is 0.427 e. The van der Waals surface area contributed by atoms with Crippen LogP contribution in [0.2, 0.25) is 0 Å². The van der Waals surface area contributed by atoms with Crippen LogP contribution in [0.25, 0.3) is 0 Å². The van der Waals surface area contributed by atoms with E-state index in [-0.39, 0.29) is 11.4 Å². The van der Waals surface area contributed by atoms with Crippen LogP contribution in [0, 0.1) is 29.6 Å². The van der Waals surface area contributed by atoms with Crippen LogP contribution in [0.5, 0.6) is 5.75 Å². The van der Waals surface area contributed by atoms with Crippen LogP contribution in [0.4, 0.5) is 0 Å². The van der Waals surface area contributed by atoms with Gasteiger partial charge in [0.1, 0.15) is 11.4 Å². The molecule has 27 heavy (non-hydrogen) atoms. The summed E-state index contributed by atoms with van der Waals surface area (Å²) in [6.45, 7) is 4.20. The molecule has 2 saturated carbocycles. The molecule has 0 heterocycles. The highest BCUT2D eigenvalue weighted by Gasteiger charge is 2.61. The van der Waals surface area contributed by atoms with Crippen LogP contribution in [0.1, 0.15) is 75.8 Å². The number of ether oxygens (including phenoxy) is 1. The Morgan fingerprint density at radius 2 is 2.15 bits per heavy atom. The second-order valence-electron chi connectivity index (χ2n) is 9.00. The molecular formula is C24H30O3. The van der Waals surface area contributed by atoms with Crippen LogP contribution in [-0.2, 0) is 11.2 Å². The van der Waals surface area contributed by atoms with Gasteiger partial charge in [0.15, 0.2) is 0 Å². The fourth-order valence-corrected chi connectivity index (χ4v) is 6.26. The number of benzene rings is 1. The molecule has 0 radical (unpaired) electrons. The molecular weight excluding hydrogens is 336 g/mol. The first-order valence-corrected chi connectivity index (χ1v) is 10.5. The van der Waals surface area contributed by atoms with Crippen molar-refractivity contribution in [2.75, 3.05) is 0 Å². The average molecular weight is 367 g/mol. The van der Waals surface area contributed by atoms with Crippen LogP contribution < -0.4 is 4.74 Å². The summed E-state index contributed by atoms with van der Waals surface area (Å²) in [6, 6.07) is 6.19. The molecule has 0 amide bonds. The molecule has 0 aliphatic heterocycles. The molecule has 3 aliphatic carbocycles. The number of fused-ring (bicyclic) bond motifs is 5. The van der Waals surface area contributed by atoms with E-state index in [0.717, 1.165) is 44.9 Å². The van der Waals surface area contributed by atoms with Crippen molar-refractivity contribution in [2.24, 2.45) is 17.3 Å². The van der Waals surface area contributed by atoms with E-state index < -0.39 is 5.60 Å². The first-order chi connectivity index (χ1) is 12.9. The van der Waals surface area contributed by atoms with Gasteiger partial charge in [-0.15, -0.1) is 6.42 Å². The smallest absolute Gasteiger partial charge is 0.311 e. The monoisotopic (exact) mass is 366 g/mol. The highest BCUT2D eigenvalue weighted by Crippen LogP contribution is 2.64. The zero-order chi connectivity index (χ0) is 19.2. The molecule has 2 fully saturated rings. The van der Waals surface area contributed by atoms with Crippen LogP contribution in [0.15, 0.2) is 18.2 Å². The quantitative estimate of drug-likeness (QED) is 0.483. The topological polar surface area (TPSA) is 46.5 Å². The van der Waals surface area contributed by atoms with Gasteiger partial charge in [-0.3, -0.25) is 4.79 Å². The predicted molar refractivity (Wildman–Crippen MR) is 105 cm³/mol. The average Bonchev–Trinajstić information content (AvgIpc) is 2.93. The van der Waals surface area contributed by atoms with Crippen molar-refractivity contribution in [3.8, 4) is 18.1 Å².